The van der Waals surface area contributed by atoms with E-state index in [0.717, 1.165) is 87.6 Å². The first-order valence-electron chi connectivity index (χ1n) is 18.3. The lowest BCUT2D eigenvalue weighted by molar-refractivity contribution is 0.0601. The van der Waals surface area contributed by atoms with E-state index < -0.39 is 6.10 Å². The van der Waals surface area contributed by atoms with Gasteiger partial charge in [0.2, 0.25) is 0 Å². The molecule has 8 heteroatoms. The fourth-order valence-electron chi connectivity index (χ4n) is 7.50. The molecule has 1 aliphatic carbocycles. The second-order valence-electron chi connectivity index (χ2n) is 14.0. The van der Waals surface area contributed by atoms with Crippen LogP contribution in [0.4, 0.5) is 0 Å². The van der Waals surface area contributed by atoms with Gasteiger partial charge in [-0.2, -0.15) is 0 Å². The van der Waals surface area contributed by atoms with Gasteiger partial charge in [0.25, 0.3) is 0 Å². The molecule has 1 saturated carbocycles. The van der Waals surface area contributed by atoms with E-state index in [9.17, 15) is 5.11 Å². The zero-order valence-corrected chi connectivity index (χ0v) is 30.9. The lowest BCUT2D eigenvalue weighted by Crippen LogP contribution is -2.44. The molecule has 51 heavy (non-hydrogen) atoms. The highest BCUT2D eigenvalue weighted by Gasteiger charge is 2.30. The summed E-state index contributed by atoms with van der Waals surface area (Å²) in [5.74, 6) is 2.99. The zero-order valence-electron chi connectivity index (χ0n) is 30.1. The van der Waals surface area contributed by atoms with Crippen molar-refractivity contribution in [1.29, 1.82) is 0 Å². The molecule has 2 heterocycles. The minimum atomic E-state index is -0.895. The predicted octanol–water partition coefficient (Wildman–Crippen LogP) is 8.96. The number of aliphatic hydroxyl groups excluding tert-OH is 1. The molecule has 0 amide bonds. The highest BCUT2D eigenvalue weighted by Crippen LogP contribution is 2.46. The summed E-state index contributed by atoms with van der Waals surface area (Å²) in [7, 11) is 5.92. The average Bonchev–Trinajstić information content (AvgIpc) is 3.83. The van der Waals surface area contributed by atoms with E-state index in [1.54, 1.807) is 18.4 Å². The predicted molar refractivity (Wildman–Crippen MR) is 207 cm³/mol. The number of nitrogens with zero attached hydrogens (tertiary/aromatic N) is 2. The number of fused-ring (bicyclic) bond motifs is 1. The van der Waals surface area contributed by atoms with Gasteiger partial charge in [-0.15, -0.1) is 11.3 Å². The van der Waals surface area contributed by atoms with Crippen molar-refractivity contribution in [2.45, 2.75) is 63.4 Å². The highest BCUT2D eigenvalue weighted by atomic mass is 32.1. The Hall–Kier alpha value is -4.08. The molecule has 3 atom stereocenters. The minimum absolute atomic E-state index is 0.0938. The number of hydrogen-bond acceptors (Lipinski definition) is 8. The number of methoxy groups -OCH3 is 1. The summed E-state index contributed by atoms with van der Waals surface area (Å²) < 4.78 is 25.9. The van der Waals surface area contributed by atoms with Crippen molar-refractivity contribution >= 4 is 21.4 Å². The Bertz CT molecular complexity index is 1870. The summed E-state index contributed by atoms with van der Waals surface area (Å²) in [4.78, 5) is 5.74. The van der Waals surface area contributed by atoms with Crippen molar-refractivity contribution < 1.29 is 24.1 Å². The van der Waals surface area contributed by atoms with Crippen LogP contribution in [0.2, 0.25) is 0 Å². The molecular weight excluding hydrogens is 657 g/mol. The average molecular weight is 707 g/mol. The van der Waals surface area contributed by atoms with Gasteiger partial charge in [-0.3, -0.25) is 4.90 Å². The van der Waals surface area contributed by atoms with Crippen molar-refractivity contribution in [1.82, 2.24) is 9.80 Å². The molecule has 7 nitrogen and oxygen atoms in total. The molecule has 7 rings (SSSR count). The summed E-state index contributed by atoms with van der Waals surface area (Å²) in [6.45, 7) is 4.45. The summed E-state index contributed by atoms with van der Waals surface area (Å²) >= 11 is 1.67. The van der Waals surface area contributed by atoms with Gasteiger partial charge in [-0.25, -0.2) is 0 Å². The molecule has 1 saturated heterocycles. The Labute approximate surface area is 306 Å². The van der Waals surface area contributed by atoms with Gasteiger partial charge >= 0.3 is 0 Å². The Morgan fingerprint density at radius 2 is 1.59 bits per heavy atom. The standard InChI is InChI=1S/C43H50N2O5S/c1-44(2)36-13-7-8-14-37(36)50-38-22-17-32(27-39(38)47-3)42(46)41-35-21-20-34(49-29-30-11-5-4-6-12-30)28-40(35)51-43(41)31-15-18-33(19-16-31)48-26-25-45-23-9-10-24-45/h4-6,11-12,15-22,27-28,36-37,42,46H,7-10,13-14,23-26,29H2,1-3H3/t36-,37-,42?/m1/s1. The van der Waals surface area contributed by atoms with E-state index >= 15 is 0 Å². The smallest absolute Gasteiger partial charge is 0.161 e. The second kappa shape index (κ2) is 16.5. The normalized spacial score (nSPS) is 18.6. The SMILES string of the molecule is COc1cc(C(O)c2c(-c3ccc(OCCN4CCCC4)cc3)sc3cc(OCc4ccccc4)ccc23)ccc1O[C@@H]1CCCC[C@H]1N(C)C. The first-order chi connectivity index (χ1) is 25.0. The first-order valence-corrected chi connectivity index (χ1v) is 19.2. The molecule has 1 aliphatic heterocycles. The van der Waals surface area contributed by atoms with Crippen LogP contribution in [-0.4, -0.2) is 74.5 Å². The fraction of sp³-hybridized carbons (Fsp3) is 0.395. The maximum absolute atomic E-state index is 12.2. The number of benzene rings is 4. The summed E-state index contributed by atoms with van der Waals surface area (Å²) in [5, 5.41) is 13.2. The van der Waals surface area contributed by atoms with Crippen LogP contribution in [-0.2, 0) is 6.61 Å². The van der Waals surface area contributed by atoms with Crippen LogP contribution in [0, 0.1) is 0 Å². The maximum Gasteiger partial charge on any atom is 0.161 e. The molecule has 0 bridgehead atoms. The van der Waals surface area contributed by atoms with Gasteiger partial charge in [-0.05, 0) is 136 Å². The van der Waals surface area contributed by atoms with Crippen LogP contribution in [0.25, 0.3) is 20.5 Å². The molecular formula is C43H50N2O5S. The molecule has 268 valence electrons. The third-order valence-corrected chi connectivity index (χ3v) is 11.5. The molecule has 1 aromatic heterocycles. The molecule has 2 aliphatic rings. The second-order valence-corrected chi connectivity index (χ2v) is 15.0. The fourth-order valence-corrected chi connectivity index (χ4v) is 8.77. The number of thiophene rings is 1. The Morgan fingerprint density at radius 3 is 2.35 bits per heavy atom. The monoisotopic (exact) mass is 706 g/mol. The maximum atomic E-state index is 12.2. The van der Waals surface area contributed by atoms with Crippen molar-refractivity contribution in [3.63, 3.8) is 0 Å². The van der Waals surface area contributed by atoms with E-state index in [2.05, 4.69) is 60.3 Å². The topological polar surface area (TPSA) is 63.6 Å². The van der Waals surface area contributed by atoms with Crippen LogP contribution in [0.5, 0.6) is 23.0 Å². The third kappa shape index (κ3) is 8.36. The van der Waals surface area contributed by atoms with Gasteiger partial charge in [-0.1, -0.05) is 42.8 Å². The van der Waals surface area contributed by atoms with Gasteiger partial charge in [0, 0.05) is 27.7 Å². The molecule has 0 radical (unpaired) electrons. The van der Waals surface area contributed by atoms with Crippen molar-refractivity contribution in [2.24, 2.45) is 0 Å². The van der Waals surface area contributed by atoms with E-state index in [-0.39, 0.29) is 6.10 Å². The van der Waals surface area contributed by atoms with E-state index in [1.807, 2.05) is 54.6 Å². The van der Waals surface area contributed by atoms with Gasteiger partial charge in [0.1, 0.15) is 36.9 Å². The van der Waals surface area contributed by atoms with E-state index in [1.165, 1.54) is 19.3 Å². The van der Waals surface area contributed by atoms with Gasteiger partial charge < -0.3 is 29.0 Å². The number of ether oxygens (including phenoxy) is 4. The number of rotatable bonds is 14. The van der Waals surface area contributed by atoms with Crippen LogP contribution in [0.15, 0.2) is 91.0 Å². The summed E-state index contributed by atoms with van der Waals surface area (Å²) in [5.41, 5.74) is 3.76. The van der Waals surface area contributed by atoms with E-state index in [4.69, 9.17) is 18.9 Å². The van der Waals surface area contributed by atoms with Gasteiger partial charge in [0.15, 0.2) is 11.5 Å². The Morgan fingerprint density at radius 1 is 0.824 bits per heavy atom. The molecule has 0 spiro atoms. The van der Waals surface area contributed by atoms with Crippen LogP contribution in [0.3, 0.4) is 0 Å². The van der Waals surface area contributed by atoms with Crippen LogP contribution >= 0.6 is 11.3 Å². The number of hydrogen-bond donors (Lipinski definition) is 1. The van der Waals surface area contributed by atoms with Crippen molar-refractivity contribution in [3.05, 3.63) is 108 Å². The molecule has 5 aromatic rings. The quantitative estimate of drug-likeness (QED) is 0.124. The van der Waals surface area contributed by atoms with Crippen LogP contribution < -0.4 is 18.9 Å². The highest BCUT2D eigenvalue weighted by molar-refractivity contribution is 7.22. The lowest BCUT2D eigenvalue weighted by atomic mass is 9.91. The van der Waals surface area contributed by atoms with Crippen molar-refractivity contribution in [2.75, 3.05) is 47.4 Å². The van der Waals surface area contributed by atoms with Crippen molar-refractivity contribution in [3.8, 4) is 33.4 Å². The van der Waals surface area contributed by atoms with Gasteiger partial charge in [0.05, 0.1) is 7.11 Å². The zero-order chi connectivity index (χ0) is 35.2. The molecule has 2 fully saturated rings. The number of aliphatic hydroxyl groups is 1. The minimum Gasteiger partial charge on any atom is -0.493 e. The van der Waals surface area contributed by atoms with Crippen LogP contribution in [0.1, 0.15) is 61.3 Å². The Balaban J connectivity index is 1.18. The molecule has 4 aromatic carbocycles. The Kier molecular flexibility index (Phi) is 11.4. The number of likely N-dealkylation sites (tertiary alicyclic amines) is 1. The number of likely N-dealkylation sites (N-methyl/N-ethyl adjacent to an activating group) is 1. The molecule has 1 N–H and O–H groups in total. The first kappa shape index (κ1) is 35.3. The summed E-state index contributed by atoms with van der Waals surface area (Å²) in [6, 6.07) is 30.8. The van der Waals surface area contributed by atoms with E-state index in [0.29, 0.717) is 30.8 Å². The largest absolute Gasteiger partial charge is 0.493 e. The third-order valence-electron chi connectivity index (χ3n) is 10.3. The molecule has 1 unspecified atom stereocenters. The lowest BCUT2D eigenvalue weighted by Gasteiger charge is -2.36. The summed E-state index contributed by atoms with van der Waals surface area (Å²) in [6.07, 6.45) is 6.27.